The summed E-state index contributed by atoms with van der Waals surface area (Å²) in [5.74, 6) is 1.08. The molecule has 144 valence electrons. The third-order valence-corrected chi connectivity index (χ3v) is 5.98. The van der Waals surface area contributed by atoms with Crippen LogP contribution in [0.15, 0.2) is 34.2 Å². The highest BCUT2D eigenvalue weighted by Crippen LogP contribution is 2.32. The van der Waals surface area contributed by atoms with Crippen molar-refractivity contribution in [3.63, 3.8) is 0 Å². The van der Waals surface area contributed by atoms with Crippen molar-refractivity contribution < 1.29 is 14.0 Å². The van der Waals surface area contributed by atoms with E-state index in [1.54, 1.807) is 11.8 Å². The molecule has 6 nitrogen and oxygen atoms in total. The van der Waals surface area contributed by atoms with Gasteiger partial charge in [0, 0.05) is 44.6 Å². The van der Waals surface area contributed by atoms with Gasteiger partial charge in [-0.2, -0.15) is 0 Å². The van der Waals surface area contributed by atoms with Crippen molar-refractivity contribution >= 4 is 34.5 Å². The minimum absolute atomic E-state index is 0.765. The number of morpholine rings is 2. The van der Waals surface area contributed by atoms with E-state index in [1.165, 1.54) is 16.2 Å². The third-order valence-electron chi connectivity index (χ3n) is 4.92. The van der Waals surface area contributed by atoms with E-state index in [0.29, 0.717) is 0 Å². The van der Waals surface area contributed by atoms with E-state index in [0.717, 1.165) is 63.6 Å². The molecule has 0 atom stereocenters. The lowest BCUT2D eigenvalue weighted by Gasteiger charge is -2.26. The Morgan fingerprint density at radius 2 is 1.70 bits per heavy atom. The van der Waals surface area contributed by atoms with Crippen molar-refractivity contribution in [2.45, 2.75) is 0 Å². The first-order valence-electron chi connectivity index (χ1n) is 9.49. The van der Waals surface area contributed by atoms with Crippen LogP contribution in [0, 0.1) is 0 Å². The van der Waals surface area contributed by atoms with Crippen molar-refractivity contribution in [1.29, 1.82) is 0 Å². The number of hydrogen-bond donors (Lipinski definition) is 0. The third kappa shape index (κ3) is 4.36. The second kappa shape index (κ2) is 8.46. The number of thioether (sulfide) groups is 1. The molecule has 0 spiro atoms. The van der Waals surface area contributed by atoms with Gasteiger partial charge in [-0.05, 0) is 28.8 Å². The maximum absolute atomic E-state index is 5.53. The van der Waals surface area contributed by atoms with Gasteiger partial charge in [0.1, 0.15) is 13.1 Å². The summed E-state index contributed by atoms with van der Waals surface area (Å²) in [5, 5.41) is 1.09. The molecule has 0 aliphatic carbocycles. The Balaban J connectivity index is 1.63. The van der Waals surface area contributed by atoms with Crippen molar-refractivity contribution in [2.24, 2.45) is 4.99 Å². The highest BCUT2D eigenvalue weighted by molar-refractivity contribution is 8.18. The number of amidine groups is 2. The molecule has 0 amide bonds. The normalized spacial score (nSPS) is 22.4. The molecular weight excluding hydrogens is 360 g/mol. The van der Waals surface area contributed by atoms with Gasteiger partial charge in [-0.1, -0.05) is 12.1 Å². The maximum atomic E-state index is 5.53. The van der Waals surface area contributed by atoms with Gasteiger partial charge in [-0.3, -0.25) is 0 Å². The molecule has 0 aromatic heterocycles. The first kappa shape index (κ1) is 18.5. The SMILES string of the molecule is CN(C)c1ccc(/C=C2/SC(=[N+]3CCOCC3)N=C2N2CCOCC2)cc1. The average Bonchev–Trinajstić information content (AvgIpc) is 3.13. The number of benzene rings is 1. The van der Waals surface area contributed by atoms with Crippen LogP contribution in [0.25, 0.3) is 6.08 Å². The minimum atomic E-state index is 0.765. The fourth-order valence-electron chi connectivity index (χ4n) is 3.32. The second-order valence-electron chi connectivity index (χ2n) is 7.01. The van der Waals surface area contributed by atoms with E-state index in [9.17, 15) is 0 Å². The second-order valence-corrected chi connectivity index (χ2v) is 8.02. The summed E-state index contributed by atoms with van der Waals surface area (Å²) in [6.45, 7) is 6.69. The number of hydrogen-bond acceptors (Lipinski definition) is 5. The van der Waals surface area contributed by atoms with Gasteiger partial charge in [0.15, 0.2) is 0 Å². The Labute approximate surface area is 165 Å². The molecule has 0 bridgehead atoms. The highest BCUT2D eigenvalue weighted by Gasteiger charge is 2.35. The van der Waals surface area contributed by atoms with Crippen LogP contribution < -0.4 is 4.90 Å². The van der Waals surface area contributed by atoms with Gasteiger partial charge >= 0.3 is 5.17 Å². The lowest BCUT2D eigenvalue weighted by Crippen LogP contribution is -2.40. The van der Waals surface area contributed by atoms with Crippen LogP contribution in [0.4, 0.5) is 5.69 Å². The first-order chi connectivity index (χ1) is 13.2. The fourth-order valence-corrected chi connectivity index (χ4v) is 4.42. The predicted molar refractivity (Wildman–Crippen MR) is 112 cm³/mol. The van der Waals surface area contributed by atoms with Gasteiger partial charge < -0.3 is 19.3 Å². The topological polar surface area (TPSA) is 40.3 Å². The molecule has 1 aromatic carbocycles. The molecule has 3 heterocycles. The quantitative estimate of drug-likeness (QED) is 0.726. The zero-order chi connectivity index (χ0) is 18.6. The molecule has 0 unspecified atom stereocenters. The van der Waals surface area contributed by atoms with Crippen LogP contribution in [-0.2, 0) is 9.47 Å². The minimum Gasteiger partial charge on any atom is -0.378 e. The van der Waals surface area contributed by atoms with Crippen LogP contribution in [-0.4, -0.2) is 87.2 Å². The summed E-state index contributed by atoms with van der Waals surface area (Å²) in [5.41, 5.74) is 2.41. The smallest absolute Gasteiger partial charge is 0.362 e. The molecule has 4 rings (SSSR count). The van der Waals surface area contributed by atoms with E-state index >= 15 is 0 Å². The fraction of sp³-hybridized carbons (Fsp3) is 0.500. The largest absolute Gasteiger partial charge is 0.378 e. The molecule has 0 saturated carbocycles. The predicted octanol–water partition coefficient (Wildman–Crippen LogP) is 1.97. The van der Waals surface area contributed by atoms with Crippen LogP contribution in [0.2, 0.25) is 0 Å². The molecule has 2 fully saturated rings. The summed E-state index contributed by atoms with van der Waals surface area (Å²) < 4.78 is 13.4. The van der Waals surface area contributed by atoms with Gasteiger partial charge in [-0.15, -0.1) is 0 Å². The van der Waals surface area contributed by atoms with Gasteiger partial charge in [-0.25, -0.2) is 4.58 Å². The van der Waals surface area contributed by atoms with Crippen molar-refractivity contribution in [3.05, 3.63) is 34.7 Å². The Bertz CT molecular complexity index is 757. The average molecular weight is 388 g/mol. The number of aliphatic imine (C=N–C) groups is 1. The van der Waals surface area contributed by atoms with Crippen LogP contribution in [0.5, 0.6) is 0 Å². The molecule has 3 aliphatic heterocycles. The van der Waals surface area contributed by atoms with Crippen molar-refractivity contribution in [3.8, 4) is 0 Å². The summed E-state index contributed by atoms with van der Waals surface area (Å²) >= 11 is 1.78. The zero-order valence-corrected chi connectivity index (χ0v) is 16.9. The maximum Gasteiger partial charge on any atom is 0.362 e. The van der Waals surface area contributed by atoms with E-state index in [4.69, 9.17) is 14.5 Å². The zero-order valence-electron chi connectivity index (χ0n) is 16.1. The molecule has 7 heteroatoms. The summed E-state index contributed by atoms with van der Waals surface area (Å²) in [7, 11) is 4.13. The Morgan fingerprint density at radius 3 is 2.37 bits per heavy atom. The molecule has 27 heavy (non-hydrogen) atoms. The Hall–Kier alpha value is -1.83. The molecule has 2 saturated heterocycles. The van der Waals surface area contributed by atoms with Gasteiger partial charge in [0.05, 0.1) is 31.3 Å². The lowest BCUT2D eigenvalue weighted by atomic mass is 10.2. The Morgan fingerprint density at radius 1 is 1.04 bits per heavy atom. The van der Waals surface area contributed by atoms with Gasteiger partial charge in [0.2, 0.25) is 0 Å². The van der Waals surface area contributed by atoms with E-state index in [-0.39, 0.29) is 0 Å². The van der Waals surface area contributed by atoms with Crippen LogP contribution >= 0.6 is 11.8 Å². The standard InChI is InChI=1S/C20H27N4O2S/c1-22(2)17-5-3-16(4-6-17)15-18-19(23-7-11-25-12-8-23)21-20(27-18)24-9-13-26-14-10-24/h3-6,15H,7-14H2,1-2H3/q+1. The number of nitrogens with zero attached hydrogens (tertiary/aromatic N) is 4. The van der Waals surface area contributed by atoms with E-state index in [1.807, 2.05) is 0 Å². The Kier molecular flexibility index (Phi) is 5.80. The van der Waals surface area contributed by atoms with Gasteiger partial charge in [0.25, 0.3) is 5.84 Å². The molecule has 0 radical (unpaired) electrons. The number of anilines is 1. The first-order valence-corrected chi connectivity index (χ1v) is 10.3. The van der Waals surface area contributed by atoms with E-state index < -0.39 is 0 Å². The lowest BCUT2D eigenvalue weighted by molar-refractivity contribution is -0.547. The summed E-state index contributed by atoms with van der Waals surface area (Å²) in [6.07, 6.45) is 2.26. The molecule has 1 aromatic rings. The monoisotopic (exact) mass is 387 g/mol. The molecule has 0 N–H and O–H groups in total. The number of ether oxygens (including phenoxy) is 2. The van der Waals surface area contributed by atoms with E-state index in [2.05, 4.69) is 58.8 Å². The summed E-state index contributed by atoms with van der Waals surface area (Å²) in [4.78, 5) is 10.7. The molecule has 3 aliphatic rings. The molecular formula is C20H27N4O2S+. The van der Waals surface area contributed by atoms with Crippen LogP contribution in [0.3, 0.4) is 0 Å². The van der Waals surface area contributed by atoms with Crippen molar-refractivity contribution in [1.82, 2.24) is 4.90 Å². The highest BCUT2D eigenvalue weighted by atomic mass is 32.2. The van der Waals surface area contributed by atoms with Crippen molar-refractivity contribution in [2.75, 3.05) is 71.6 Å². The van der Waals surface area contributed by atoms with Crippen LogP contribution in [0.1, 0.15) is 5.56 Å². The summed E-state index contributed by atoms with van der Waals surface area (Å²) in [6, 6.07) is 8.66. The number of rotatable bonds is 2.